The monoisotopic (exact) mass is 206 g/mol. The van der Waals surface area contributed by atoms with Gasteiger partial charge >= 0.3 is 0 Å². The second kappa shape index (κ2) is 3.30. The number of aromatic nitrogens is 3. The van der Waals surface area contributed by atoms with Crippen LogP contribution in [0.25, 0.3) is 0 Å². The molecule has 2 bridgehead atoms. The van der Waals surface area contributed by atoms with Crippen molar-refractivity contribution in [3.63, 3.8) is 0 Å². The molecule has 4 unspecified atom stereocenters. The van der Waals surface area contributed by atoms with Crippen LogP contribution < -0.4 is 5.73 Å². The van der Waals surface area contributed by atoms with Gasteiger partial charge in [-0.2, -0.15) is 5.10 Å². The molecule has 2 fully saturated rings. The number of aryl methyl sites for hydroxylation is 1. The summed E-state index contributed by atoms with van der Waals surface area (Å²) in [5, 5.41) is 4.25. The van der Waals surface area contributed by atoms with E-state index in [1.165, 1.54) is 19.3 Å². The molecule has 0 aliphatic heterocycles. The Morgan fingerprint density at radius 3 is 2.93 bits per heavy atom. The number of nitrogens with zero attached hydrogens (tertiary/aromatic N) is 3. The summed E-state index contributed by atoms with van der Waals surface area (Å²) in [5.74, 6) is 3.09. The van der Waals surface area contributed by atoms with Crippen LogP contribution in [0.5, 0.6) is 0 Å². The van der Waals surface area contributed by atoms with Crippen molar-refractivity contribution < 1.29 is 0 Å². The minimum Gasteiger partial charge on any atom is -0.327 e. The molecule has 2 aliphatic carbocycles. The summed E-state index contributed by atoms with van der Waals surface area (Å²) in [6.45, 7) is 3.01. The fourth-order valence-corrected chi connectivity index (χ4v) is 3.49. The molecule has 2 N–H and O–H groups in total. The first kappa shape index (κ1) is 9.33. The number of fused-ring (bicyclic) bond motifs is 2. The zero-order valence-corrected chi connectivity index (χ0v) is 9.13. The lowest BCUT2D eigenvalue weighted by atomic mass is 9.84. The van der Waals surface area contributed by atoms with Gasteiger partial charge < -0.3 is 5.73 Å². The lowest BCUT2D eigenvalue weighted by Crippen LogP contribution is -2.35. The molecule has 4 heteroatoms. The molecule has 0 aromatic carbocycles. The van der Waals surface area contributed by atoms with Crippen LogP contribution in [0.1, 0.15) is 37.9 Å². The maximum atomic E-state index is 6.30. The van der Waals surface area contributed by atoms with E-state index in [0.29, 0.717) is 12.0 Å². The fourth-order valence-electron chi connectivity index (χ4n) is 3.49. The Labute approximate surface area is 89.9 Å². The maximum Gasteiger partial charge on any atom is 0.138 e. The third-order valence-electron chi connectivity index (χ3n) is 4.22. The van der Waals surface area contributed by atoms with E-state index in [9.17, 15) is 0 Å². The normalized spacial score (nSPS) is 38.8. The molecule has 0 saturated heterocycles. The third-order valence-corrected chi connectivity index (χ3v) is 4.22. The van der Waals surface area contributed by atoms with Crippen LogP contribution >= 0.6 is 0 Å². The van der Waals surface area contributed by atoms with Gasteiger partial charge in [0.1, 0.15) is 12.2 Å². The van der Waals surface area contributed by atoms with E-state index in [1.807, 2.05) is 4.68 Å². The minimum atomic E-state index is 0.318. The van der Waals surface area contributed by atoms with E-state index in [1.54, 1.807) is 6.33 Å². The quantitative estimate of drug-likeness (QED) is 0.789. The fraction of sp³-hybridized carbons (Fsp3) is 0.818. The second-order valence-corrected chi connectivity index (χ2v) is 4.87. The molecule has 15 heavy (non-hydrogen) atoms. The number of rotatable bonds is 2. The molecule has 2 aliphatic rings. The van der Waals surface area contributed by atoms with Gasteiger partial charge in [0.15, 0.2) is 0 Å². The molecular formula is C11H18N4. The molecular weight excluding hydrogens is 188 g/mol. The molecule has 0 spiro atoms. The van der Waals surface area contributed by atoms with E-state index in [2.05, 4.69) is 17.0 Å². The van der Waals surface area contributed by atoms with Gasteiger partial charge in [-0.25, -0.2) is 4.98 Å². The highest BCUT2D eigenvalue weighted by Crippen LogP contribution is 2.51. The second-order valence-electron chi connectivity index (χ2n) is 4.87. The summed E-state index contributed by atoms with van der Waals surface area (Å²) < 4.78 is 2.01. The van der Waals surface area contributed by atoms with Crippen LogP contribution in [0.4, 0.5) is 0 Å². The molecule has 4 atom stereocenters. The van der Waals surface area contributed by atoms with Crippen LogP contribution in [0.15, 0.2) is 6.33 Å². The smallest absolute Gasteiger partial charge is 0.138 e. The summed E-state index contributed by atoms with van der Waals surface area (Å²) in [5.41, 5.74) is 6.30. The average Bonchev–Trinajstić information content (AvgIpc) is 2.89. The Bertz CT molecular complexity index is 357. The highest BCUT2D eigenvalue weighted by atomic mass is 15.3. The summed E-state index contributed by atoms with van der Waals surface area (Å²) >= 11 is 0. The number of hydrogen-bond donors (Lipinski definition) is 1. The standard InChI is InChI=1S/C11H18N4/c1-2-15-11(13-6-14-15)9-7-3-4-8(5-7)10(9)12/h6-10H,2-5,12H2,1H3. The Morgan fingerprint density at radius 2 is 2.27 bits per heavy atom. The highest BCUT2D eigenvalue weighted by molar-refractivity contribution is 5.13. The number of hydrogen-bond acceptors (Lipinski definition) is 3. The van der Waals surface area contributed by atoms with Crippen LogP contribution in [0.2, 0.25) is 0 Å². The molecule has 82 valence electrons. The Balaban J connectivity index is 1.94. The van der Waals surface area contributed by atoms with Crippen molar-refractivity contribution in [2.75, 3.05) is 0 Å². The van der Waals surface area contributed by atoms with Crippen molar-refractivity contribution in [1.82, 2.24) is 14.8 Å². The van der Waals surface area contributed by atoms with Crippen molar-refractivity contribution in [2.45, 2.75) is 44.7 Å². The predicted molar refractivity (Wildman–Crippen MR) is 57.2 cm³/mol. The van der Waals surface area contributed by atoms with E-state index >= 15 is 0 Å². The predicted octanol–water partition coefficient (Wildman–Crippen LogP) is 1.14. The SMILES string of the molecule is CCn1ncnc1C1C2CCC(C2)C1N. The first-order valence-corrected chi connectivity index (χ1v) is 5.94. The summed E-state index contributed by atoms with van der Waals surface area (Å²) in [7, 11) is 0. The van der Waals surface area contributed by atoms with E-state index in [-0.39, 0.29) is 0 Å². The molecule has 1 aromatic heterocycles. The molecule has 2 saturated carbocycles. The molecule has 0 amide bonds. The lowest BCUT2D eigenvalue weighted by Gasteiger charge is -2.27. The molecule has 0 radical (unpaired) electrons. The highest BCUT2D eigenvalue weighted by Gasteiger charge is 2.48. The topological polar surface area (TPSA) is 56.7 Å². The van der Waals surface area contributed by atoms with Crippen molar-refractivity contribution in [2.24, 2.45) is 17.6 Å². The third kappa shape index (κ3) is 1.24. The van der Waals surface area contributed by atoms with Gasteiger partial charge in [0.25, 0.3) is 0 Å². The van der Waals surface area contributed by atoms with Gasteiger partial charge in [-0.15, -0.1) is 0 Å². The van der Waals surface area contributed by atoms with Crippen LogP contribution in [0.3, 0.4) is 0 Å². The first-order valence-electron chi connectivity index (χ1n) is 5.94. The van der Waals surface area contributed by atoms with Gasteiger partial charge in [0.05, 0.1) is 0 Å². The summed E-state index contributed by atoms with van der Waals surface area (Å²) in [6, 6.07) is 0.318. The van der Waals surface area contributed by atoms with Gasteiger partial charge in [-0.1, -0.05) is 0 Å². The Morgan fingerprint density at radius 1 is 1.47 bits per heavy atom. The van der Waals surface area contributed by atoms with E-state index in [0.717, 1.165) is 24.2 Å². The van der Waals surface area contributed by atoms with Crippen molar-refractivity contribution in [3.8, 4) is 0 Å². The van der Waals surface area contributed by atoms with Crippen molar-refractivity contribution in [1.29, 1.82) is 0 Å². The average molecular weight is 206 g/mol. The van der Waals surface area contributed by atoms with Gasteiger partial charge in [-0.05, 0) is 38.0 Å². The van der Waals surface area contributed by atoms with Crippen LogP contribution in [0, 0.1) is 11.8 Å². The van der Waals surface area contributed by atoms with Gasteiger partial charge in [0.2, 0.25) is 0 Å². The summed E-state index contributed by atoms with van der Waals surface area (Å²) in [6.07, 6.45) is 5.63. The number of nitrogens with two attached hydrogens (primary N) is 1. The van der Waals surface area contributed by atoms with Crippen molar-refractivity contribution in [3.05, 3.63) is 12.2 Å². The zero-order chi connectivity index (χ0) is 10.4. The largest absolute Gasteiger partial charge is 0.327 e. The molecule has 1 heterocycles. The molecule has 4 nitrogen and oxygen atoms in total. The van der Waals surface area contributed by atoms with E-state index in [4.69, 9.17) is 5.73 Å². The maximum absolute atomic E-state index is 6.30. The first-order chi connectivity index (χ1) is 7.31. The van der Waals surface area contributed by atoms with Crippen molar-refractivity contribution >= 4 is 0 Å². The van der Waals surface area contributed by atoms with Crippen LogP contribution in [-0.2, 0) is 6.54 Å². The minimum absolute atomic E-state index is 0.318. The van der Waals surface area contributed by atoms with Crippen LogP contribution in [-0.4, -0.2) is 20.8 Å². The molecule has 1 aromatic rings. The lowest BCUT2D eigenvalue weighted by molar-refractivity contribution is 0.342. The zero-order valence-electron chi connectivity index (χ0n) is 9.13. The van der Waals surface area contributed by atoms with Gasteiger partial charge in [-0.3, -0.25) is 4.68 Å². The Kier molecular flexibility index (Phi) is 2.06. The summed E-state index contributed by atoms with van der Waals surface area (Å²) in [4.78, 5) is 4.41. The molecule has 3 rings (SSSR count). The van der Waals surface area contributed by atoms with Gasteiger partial charge in [0, 0.05) is 18.5 Å². The Hall–Kier alpha value is -0.900. The van der Waals surface area contributed by atoms with E-state index < -0.39 is 0 Å².